The third-order valence-electron chi connectivity index (χ3n) is 4.57. The van der Waals surface area contributed by atoms with Gasteiger partial charge in [0.15, 0.2) is 11.6 Å². The highest BCUT2D eigenvalue weighted by molar-refractivity contribution is 6.30. The van der Waals surface area contributed by atoms with Crippen LogP contribution in [0.25, 0.3) is 0 Å². The van der Waals surface area contributed by atoms with E-state index in [1.807, 2.05) is 12.1 Å². The average Bonchev–Trinajstić information content (AvgIpc) is 3.35. The van der Waals surface area contributed by atoms with Crippen molar-refractivity contribution in [1.82, 2.24) is 14.8 Å². The number of nitrogens with zero attached hydrogens (tertiary/aromatic N) is 3. The monoisotopic (exact) mass is 403 g/mol. The van der Waals surface area contributed by atoms with Gasteiger partial charge in [-0.05, 0) is 48.9 Å². The summed E-state index contributed by atoms with van der Waals surface area (Å²) >= 11 is 5.78. The summed E-state index contributed by atoms with van der Waals surface area (Å²) in [5.41, 5.74) is 0.822. The maximum Gasteiger partial charge on any atom is 0.215 e. The van der Waals surface area contributed by atoms with E-state index < -0.39 is 11.6 Å². The van der Waals surface area contributed by atoms with E-state index >= 15 is 0 Å². The van der Waals surface area contributed by atoms with Gasteiger partial charge in [-0.25, -0.2) is 14.1 Å². The van der Waals surface area contributed by atoms with Crippen LogP contribution in [-0.2, 0) is 21.8 Å². The molecule has 0 saturated carbocycles. The summed E-state index contributed by atoms with van der Waals surface area (Å²) in [6.07, 6.45) is 3.94. The van der Waals surface area contributed by atoms with Crippen molar-refractivity contribution in [3.05, 3.63) is 71.5 Å². The van der Waals surface area contributed by atoms with E-state index in [-0.39, 0.29) is 11.9 Å². The van der Waals surface area contributed by atoms with Crippen molar-refractivity contribution < 1.29 is 18.6 Å². The maximum atomic E-state index is 14.0. The van der Waals surface area contributed by atoms with Gasteiger partial charge in [0.25, 0.3) is 0 Å². The fourth-order valence-electron chi connectivity index (χ4n) is 3.08. The highest BCUT2D eigenvalue weighted by Crippen LogP contribution is 2.38. The van der Waals surface area contributed by atoms with Gasteiger partial charge in [-0.1, -0.05) is 18.5 Å². The Balaban J connectivity index is 1.57. The quantitative estimate of drug-likeness (QED) is 0.604. The van der Waals surface area contributed by atoms with Crippen molar-refractivity contribution >= 4 is 11.6 Å². The molecule has 1 aliphatic heterocycles. The Labute approximate surface area is 166 Å². The number of ether oxygens (including phenoxy) is 3. The average molecular weight is 404 g/mol. The van der Waals surface area contributed by atoms with Crippen molar-refractivity contribution in [2.45, 2.75) is 31.8 Å². The van der Waals surface area contributed by atoms with E-state index in [1.54, 1.807) is 29.2 Å². The van der Waals surface area contributed by atoms with Crippen LogP contribution in [0.2, 0.25) is 5.02 Å². The molecule has 1 fully saturated rings. The molecule has 0 aliphatic carbocycles. The van der Waals surface area contributed by atoms with Crippen LogP contribution in [0.4, 0.5) is 4.39 Å². The van der Waals surface area contributed by atoms with E-state index in [9.17, 15) is 4.39 Å². The van der Waals surface area contributed by atoms with E-state index in [1.165, 1.54) is 18.5 Å². The van der Waals surface area contributed by atoms with Crippen LogP contribution < -0.4 is 4.74 Å². The van der Waals surface area contributed by atoms with Gasteiger partial charge in [-0.15, -0.1) is 0 Å². The van der Waals surface area contributed by atoms with Crippen LogP contribution in [0.5, 0.6) is 11.5 Å². The number of benzene rings is 2. The second-order valence-electron chi connectivity index (χ2n) is 6.51. The molecule has 1 aromatic heterocycles. The molecule has 3 aromatic rings. The van der Waals surface area contributed by atoms with Crippen LogP contribution in [0.15, 0.2) is 55.1 Å². The summed E-state index contributed by atoms with van der Waals surface area (Å²) in [6.45, 7) is 2.92. The minimum absolute atomic E-state index is 0.00242. The molecule has 2 heterocycles. The molecule has 2 aromatic carbocycles. The summed E-state index contributed by atoms with van der Waals surface area (Å²) < 4.78 is 33.5. The van der Waals surface area contributed by atoms with Crippen LogP contribution in [0.1, 0.15) is 18.9 Å². The minimum atomic E-state index is -0.960. The van der Waals surface area contributed by atoms with E-state index in [0.29, 0.717) is 23.9 Å². The Bertz CT molecular complexity index is 936. The lowest BCUT2D eigenvalue weighted by atomic mass is 10.1. The largest absolute Gasteiger partial charge is 0.454 e. The summed E-state index contributed by atoms with van der Waals surface area (Å²) in [7, 11) is 0. The van der Waals surface area contributed by atoms with Gasteiger partial charge in [0.1, 0.15) is 24.9 Å². The van der Waals surface area contributed by atoms with Crippen LogP contribution >= 0.6 is 11.6 Å². The lowest BCUT2D eigenvalue weighted by Crippen LogP contribution is -2.33. The van der Waals surface area contributed by atoms with Gasteiger partial charge in [-0.3, -0.25) is 0 Å². The fraction of sp³-hybridized carbons (Fsp3) is 0.300. The fourth-order valence-corrected chi connectivity index (χ4v) is 3.24. The first-order valence-corrected chi connectivity index (χ1v) is 9.33. The van der Waals surface area contributed by atoms with E-state index in [4.69, 9.17) is 25.8 Å². The molecule has 146 valence electrons. The first kappa shape index (κ1) is 18.9. The molecule has 0 bridgehead atoms. The molecule has 6 nitrogen and oxygen atoms in total. The topological polar surface area (TPSA) is 58.4 Å². The molecule has 8 heteroatoms. The third kappa shape index (κ3) is 3.87. The maximum absolute atomic E-state index is 14.0. The number of hydrogen-bond acceptors (Lipinski definition) is 5. The van der Waals surface area contributed by atoms with Crippen LogP contribution in [0, 0.1) is 5.82 Å². The summed E-state index contributed by atoms with van der Waals surface area (Å²) in [6, 6.07) is 11.5. The van der Waals surface area contributed by atoms with Gasteiger partial charge < -0.3 is 14.2 Å². The Hall–Kier alpha value is -2.48. The van der Waals surface area contributed by atoms with E-state index in [2.05, 4.69) is 17.0 Å². The molecule has 0 amide bonds. The molecule has 0 spiro atoms. The Morgan fingerprint density at radius 1 is 1.29 bits per heavy atom. The minimum Gasteiger partial charge on any atom is -0.454 e. The standard InChI is InChI=1S/C20H19ClFN3O3/c1-2-16-10-26-20(28-16,11-25-13-23-12-24-25)14-3-6-17(7-4-14)27-19-8-5-15(21)9-18(19)22/h3-9,12-13,16H,2,10-11H2,1H3. The van der Waals surface area contributed by atoms with Gasteiger partial charge >= 0.3 is 0 Å². The molecule has 0 radical (unpaired) electrons. The molecule has 1 aliphatic rings. The highest BCUT2D eigenvalue weighted by atomic mass is 35.5. The number of halogens is 2. The van der Waals surface area contributed by atoms with Gasteiger partial charge in [0, 0.05) is 10.6 Å². The van der Waals surface area contributed by atoms with Crippen molar-refractivity contribution in [2.75, 3.05) is 6.61 Å². The molecule has 4 rings (SSSR count). The zero-order valence-corrected chi connectivity index (χ0v) is 16.0. The first-order valence-electron chi connectivity index (χ1n) is 8.95. The zero-order chi connectivity index (χ0) is 19.6. The van der Waals surface area contributed by atoms with Crippen molar-refractivity contribution in [3.8, 4) is 11.5 Å². The second-order valence-corrected chi connectivity index (χ2v) is 6.94. The van der Waals surface area contributed by atoms with Crippen molar-refractivity contribution in [1.29, 1.82) is 0 Å². The third-order valence-corrected chi connectivity index (χ3v) is 4.80. The Morgan fingerprint density at radius 2 is 2.11 bits per heavy atom. The lowest BCUT2D eigenvalue weighted by Gasteiger charge is -2.28. The lowest BCUT2D eigenvalue weighted by molar-refractivity contribution is -0.188. The summed E-state index contributed by atoms with van der Waals surface area (Å²) in [5, 5.41) is 4.48. The molecule has 2 unspecified atom stereocenters. The SMILES string of the molecule is CCC1COC(Cn2cncn2)(c2ccc(Oc3ccc(Cl)cc3F)cc2)O1. The van der Waals surface area contributed by atoms with Crippen LogP contribution in [-0.4, -0.2) is 27.5 Å². The van der Waals surface area contributed by atoms with Gasteiger partial charge in [0.2, 0.25) is 5.79 Å². The van der Waals surface area contributed by atoms with Gasteiger partial charge in [0.05, 0.1) is 12.7 Å². The smallest absolute Gasteiger partial charge is 0.215 e. The molecule has 0 N–H and O–H groups in total. The number of aromatic nitrogens is 3. The van der Waals surface area contributed by atoms with Crippen molar-refractivity contribution in [3.63, 3.8) is 0 Å². The molecule has 28 heavy (non-hydrogen) atoms. The number of rotatable bonds is 6. The van der Waals surface area contributed by atoms with Crippen LogP contribution in [0.3, 0.4) is 0 Å². The molecule has 1 saturated heterocycles. The normalized spacial score (nSPS) is 21.8. The predicted octanol–water partition coefficient (Wildman–Crippen LogP) is 4.54. The zero-order valence-electron chi connectivity index (χ0n) is 15.2. The summed E-state index contributed by atoms with van der Waals surface area (Å²) in [4.78, 5) is 3.98. The molecular formula is C20H19ClFN3O3. The second kappa shape index (κ2) is 7.87. The van der Waals surface area contributed by atoms with Crippen molar-refractivity contribution in [2.24, 2.45) is 0 Å². The Morgan fingerprint density at radius 3 is 2.75 bits per heavy atom. The highest BCUT2D eigenvalue weighted by Gasteiger charge is 2.43. The molecular weight excluding hydrogens is 385 g/mol. The Kier molecular flexibility index (Phi) is 5.30. The van der Waals surface area contributed by atoms with E-state index in [0.717, 1.165) is 12.0 Å². The predicted molar refractivity (Wildman–Crippen MR) is 101 cm³/mol. The first-order chi connectivity index (χ1) is 13.6. The molecule has 2 atom stereocenters. The van der Waals surface area contributed by atoms with Gasteiger partial charge in [-0.2, -0.15) is 5.10 Å². The summed E-state index contributed by atoms with van der Waals surface area (Å²) in [5.74, 6) is -0.884. The number of hydrogen-bond donors (Lipinski definition) is 0.